The first-order valence-electron chi connectivity index (χ1n) is 8.11. The van der Waals surface area contributed by atoms with E-state index in [1.807, 2.05) is 0 Å². The molecular weight excluding hydrogens is 286 g/mol. The molecule has 1 amide bonds. The van der Waals surface area contributed by atoms with Crippen LogP contribution >= 0.6 is 0 Å². The molecular formula is C17H20F2N2O. The smallest absolute Gasteiger partial charge is 0.223 e. The highest BCUT2D eigenvalue weighted by Crippen LogP contribution is 2.47. The maximum atomic E-state index is 13.7. The van der Waals surface area contributed by atoms with Crippen LogP contribution in [0.15, 0.2) is 18.2 Å². The Morgan fingerprint density at radius 2 is 1.86 bits per heavy atom. The Bertz CT molecular complexity index is 588. The van der Waals surface area contributed by atoms with Gasteiger partial charge in [0.2, 0.25) is 5.91 Å². The van der Waals surface area contributed by atoms with Gasteiger partial charge in [0.05, 0.1) is 0 Å². The Hall–Kier alpha value is -1.49. The molecule has 2 bridgehead atoms. The number of hydrogen-bond acceptors (Lipinski definition) is 2. The minimum atomic E-state index is -0.578. The van der Waals surface area contributed by atoms with Crippen LogP contribution in [-0.4, -0.2) is 36.0 Å². The molecule has 4 rings (SSSR count). The molecule has 0 radical (unpaired) electrons. The van der Waals surface area contributed by atoms with Crippen molar-refractivity contribution >= 4 is 5.91 Å². The van der Waals surface area contributed by atoms with Gasteiger partial charge in [0.15, 0.2) is 0 Å². The van der Waals surface area contributed by atoms with Crippen molar-refractivity contribution in [1.29, 1.82) is 0 Å². The van der Waals surface area contributed by atoms with Crippen molar-refractivity contribution < 1.29 is 13.6 Å². The molecule has 22 heavy (non-hydrogen) atoms. The van der Waals surface area contributed by atoms with E-state index in [4.69, 9.17) is 0 Å². The van der Waals surface area contributed by atoms with Crippen molar-refractivity contribution in [2.45, 2.75) is 37.8 Å². The number of hydrogen-bond donors (Lipinski definition) is 1. The van der Waals surface area contributed by atoms with Gasteiger partial charge in [-0.25, -0.2) is 8.78 Å². The van der Waals surface area contributed by atoms with E-state index >= 15 is 0 Å². The number of fused-ring (bicyclic) bond motifs is 5. The van der Waals surface area contributed by atoms with Crippen LogP contribution in [0.5, 0.6) is 0 Å². The van der Waals surface area contributed by atoms with E-state index in [1.54, 1.807) is 0 Å². The van der Waals surface area contributed by atoms with E-state index in [0.29, 0.717) is 42.3 Å². The Morgan fingerprint density at radius 3 is 2.50 bits per heavy atom. The largest absolute Gasteiger partial charge is 0.336 e. The maximum absolute atomic E-state index is 13.7. The third-order valence-corrected chi connectivity index (χ3v) is 5.68. The average molecular weight is 306 g/mol. The summed E-state index contributed by atoms with van der Waals surface area (Å²) >= 11 is 0. The second-order valence-corrected chi connectivity index (χ2v) is 6.73. The van der Waals surface area contributed by atoms with Gasteiger partial charge in [-0.15, -0.1) is 0 Å². The van der Waals surface area contributed by atoms with Gasteiger partial charge in [-0.3, -0.25) is 4.79 Å². The van der Waals surface area contributed by atoms with Crippen LogP contribution < -0.4 is 5.32 Å². The second kappa shape index (κ2) is 5.30. The summed E-state index contributed by atoms with van der Waals surface area (Å²) in [5.74, 6) is 0.199. The zero-order chi connectivity index (χ0) is 15.3. The predicted octanol–water partition coefficient (Wildman–Crippen LogP) is 2.11. The lowest BCUT2D eigenvalue weighted by atomic mass is 9.82. The van der Waals surface area contributed by atoms with E-state index in [-0.39, 0.29) is 5.91 Å². The molecule has 3 fully saturated rings. The zero-order valence-electron chi connectivity index (χ0n) is 12.4. The molecule has 3 aliphatic heterocycles. The fourth-order valence-corrected chi connectivity index (χ4v) is 4.73. The summed E-state index contributed by atoms with van der Waals surface area (Å²) in [5, 5.41) is 3.43. The number of carbonyl (C=O) groups is 1. The number of aryl methyl sites for hydroxylation is 1. The SMILES string of the molecule is O=C(CCc1ccc(F)cc1F)N1[C@@H]2CC[C@H]1[C@H]1CNC[C@H]12. The van der Waals surface area contributed by atoms with E-state index < -0.39 is 11.6 Å². The fraction of sp³-hybridized carbons (Fsp3) is 0.588. The normalized spacial score (nSPS) is 32.5. The molecule has 3 saturated heterocycles. The molecule has 3 aliphatic rings. The summed E-state index contributed by atoms with van der Waals surface area (Å²) in [6, 6.07) is 4.31. The van der Waals surface area contributed by atoms with Crippen LogP contribution in [0.3, 0.4) is 0 Å². The lowest BCUT2D eigenvalue weighted by Crippen LogP contribution is -2.39. The lowest BCUT2D eigenvalue weighted by Gasteiger charge is -2.24. The monoisotopic (exact) mass is 306 g/mol. The molecule has 1 aromatic rings. The molecule has 3 heterocycles. The first-order valence-corrected chi connectivity index (χ1v) is 8.11. The number of nitrogens with zero attached hydrogens (tertiary/aromatic N) is 1. The molecule has 1 N–H and O–H groups in total. The van der Waals surface area contributed by atoms with Crippen molar-refractivity contribution in [1.82, 2.24) is 10.2 Å². The average Bonchev–Trinajstić information content (AvgIpc) is 3.17. The first-order chi connectivity index (χ1) is 10.6. The van der Waals surface area contributed by atoms with Gasteiger partial charge in [0.1, 0.15) is 11.6 Å². The fourth-order valence-electron chi connectivity index (χ4n) is 4.73. The van der Waals surface area contributed by atoms with Crippen LogP contribution in [-0.2, 0) is 11.2 Å². The first kappa shape index (κ1) is 14.1. The third-order valence-electron chi connectivity index (χ3n) is 5.68. The van der Waals surface area contributed by atoms with Gasteiger partial charge >= 0.3 is 0 Å². The number of rotatable bonds is 3. The van der Waals surface area contributed by atoms with E-state index in [0.717, 1.165) is 32.0 Å². The van der Waals surface area contributed by atoms with Crippen LogP contribution in [0.4, 0.5) is 8.78 Å². The molecule has 0 spiro atoms. The van der Waals surface area contributed by atoms with Gasteiger partial charge in [-0.05, 0) is 42.7 Å². The van der Waals surface area contributed by atoms with Crippen molar-refractivity contribution in [2.24, 2.45) is 11.8 Å². The molecule has 0 saturated carbocycles. The number of amides is 1. The van der Waals surface area contributed by atoms with Crippen LogP contribution in [0.25, 0.3) is 0 Å². The van der Waals surface area contributed by atoms with Gasteiger partial charge < -0.3 is 10.2 Å². The molecule has 118 valence electrons. The van der Waals surface area contributed by atoms with Crippen molar-refractivity contribution in [3.05, 3.63) is 35.4 Å². The predicted molar refractivity (Wildman–Crippen MR) is 78.2 cm³/mol. The molecule has 0 aromatic heterocycles. The van der Waals surface area contributed by atoms with Crippen LogP contribution in [0, 0.1) is 23.5 Å². The number of halogens is 2. The molecule has 1 aromatic carbocycles. The Morgan fingerprint density at radius 1 is 1.18 bits per heavy atom. The maximum Gasteiger partial charge on any atom is 0.223 e. The van der Waals surface area contributed by atoms with E-state index in [9.17, 15) is 13.6 Å². The van der Waals surface area contributed by atoms with Crippen molar-refractivity contribution in [3.63, 3.8) is 0 Å². The van der Waals surface area contributed by atoms with Crippen LogP contribution in [0.2, 0.25) is 0 Å². The van der Waals surface area contributed by atoms with Gasteiger partial charge in [-0.2, -0.15) is 0 Å². The molecule has 0 aliphatic carbocycles. The topological polar surface area (TPSA) is 32.3 Å². The Labute approximate surface area is 128 Å². The number of carbonyl (C=O) groups excluding carboxylic acids is 1. The summed E-state index contributed by atoms with van der Waals surface area (Å²) in [5.41, 5.74) is 0.420. The minimum Gasteiger partial charge on any atom is -0.336 e. The lowest BCUT2D eigenvalue weighted by molar-refractivity contribution is -0.132. The summed E-state index contributed by atoms with van der Waals surface area (Å²) in [6.45, 7) is 2.03. The highest BCUT2D eigenvalue weighted by atomic mass is 19.1. The number of benzene rings is 1. The number of nitrogens with one attached hydrogen (secondary N) is 1. The second-order valence-electron chi connectivity index (χ2n) is 6.73. The van der Waals surface area contributed by atoms with Gasteiger partial charge in [-0.1, -0.05) is 6.07 Å². The van der Waals surface area contributed by atoms with E-state index in [1.165, 1.54) is 12.1 Å². The summed E-state index contributed by atoms with van der Waals surface area (Å²) in [6.07, 6.45) is 2.85. The molecule has 3 nitrogen and oxygen atoms in total. The third kappa shape index (κ3) is 2.14. The Kier molecular flexibility index (Phi) is 3.40. The summed E-state index contributed by atoms with van der Waals surface area (Å²) in [4.78, 5) is 14.7. The van der Waals surface area contributed by atoms with Crippen molar-refractivity contribution in [3.8, 4) is 0 Å². The molecule has 0 unspecified atom stereocenters. The van der Waals surface area contributed by atoms with Gasteiger partial charge in [0, 0.05) is 37.7 Å². The van der Waals surface area contributed by atoms with Crippen LogP contribution in [0.1, 0.15) is 24.8 Å². The highest BCUT2D eigenvalue weighted by Gasteiger charge is 2.55. The molecule has 5 heteroatoms. The summed E-state index contributed by atoms with van der Waals surface area (Å²) < 4.78 is 26.6. The quantitative estimate of drug-likeness (QED) is 0.927. The minimum absolute atomic E-state index is 0.130. The summed E-state index contributed by atoms with van der Waals surface area (Å²) in [7, 11) is 0. The molecule has 4 atom stereocenters. The standard InChI is InChI=1S/C17H20F2N2O/c18-11-3-1-10(14(19)7-11)2-6-17(22)21-15-4-5-16(21)13-9-20-8-12(13)15/h1,3,7,12-13,15-16,20H,2,4-6,8-9H2/t12-,13+,15-,16+. The van der Waals surface area contributed by atoms with Crippen molar-refractivity contribution in [2.75, 3.05) is 13.1 Å². The van der Waals surface area contributed by atoms with E-state index in [2.05, 4.69) is 10.2 Å². The Balaban J connectivity index is 1.43. The highest BCUT2D eigenvalue weighted by molar-refractivity contribution is 5.78. The van der Waals surface area contributed by atoms with Gasteiger partial charge in [0.25, 0.3) is 0 Å². The zero-order valence-corrected chi connectivity index (χ0v) is 12.4.